The predicted octanol–water partition coefficient (Wildman–Crippen LogP) is 5.72. The summed E-state index contributed by atoms with van der Waals surface area (Å²) < 4.78 is 5.90. The summed E-state index contributed by atoms with van der Waals surface area (Å²) in [7, 11) is 0. The van der Waals surface area contributed by atoms with E-state index in [1.165, 1.54) is 6.08 Å². The smallest absolute Gasteiger partial charge is 0.346 e. The Morgan fingerprint density at radius 2 is 1.93 bits per heavy atom. The van der Waals surface area contributed by atoms with Crippen molar-refractivity contribution in [3.05, 3.63) is 81.3 Å². The fourth-order valence-corrected chi connectivity index (χ4v) is 3.09. The third kappa shape index (κ3) is 4.22. The molecule has 3 aromatic rings. The molecule has 0 amide bonds. The van der Waals surface area contributed by atoms with Gasteiger partial charge >= 0.3 is 5.97 Å². The molecule has 3 rings (SSSR count). The molecular formula is C21H13Cl2NO3. The van der Waals surface area contributed by atoms with Crippen molar-refractivity contribution >= 4 is 46.0 Å². The van der Waals surface area contributed by atoms with Crippen molar-refractivity contribution in [2.45, 2.75) is 6.61 Å². The van der Waals surface area contributed by atoms with Gasteiger partial charge < -0.3 is 9.84 Å². The molecule has 0 spiro atoms. The summed E-state index contributed by atoms with van der Waals surface area (Å²) in [4.78, 5) is 11.3. The van der Waals surface area contributed by atoms with Gasteiger partial charge in [0.05, 0.1) is 0 Å². The SMILES string of the molecule is N#CC(=Cc1c(OCc2ccc(Cl)cc2Cl)ccc2ccccc12)C(=O)O. The van der Waals surface area contributed by atoms with Crippen LogP contribution in [0.25, 0.3) is 16.8 Å². The van der Waals surface area contributed by atoms with Crippen LogP contribution in [0.1, 0.15) is 11.1 Å². The maximum atomic E-state index is 11.3. The number of halogens is 2. The zero-order valence-corrected chi connectivity index (χ0v) is 15.5. The third-order valence-electron chi connectivity index (χ3n) is 3.97. The van der Waals surface area contributed by atoms with E-state index in [1.807, 2.05) is 30.3 Å². The highest BCUT2D eigenvalue weighted by Crippen LogP contribution is 2.31. The van der Waals surface area contributed by atoms with E-state index in [0.717, 1.165) is 16.3 Å². The van der Waals surface area contributed by atoms with Gasteiger partial charge in [-0.3, -0.25) is 0 Å². The maximum absolute atomic E-state index is 11.3. The first-order chi connectivity index (χ1) is 13.0. The van der Waals surface area contributed by atoms with Crippen molar-refractivity contribution in [2.75, 3.05) is 0 Å². The highest BCUT2D eigenvalue weighted by molar-refractivity contribution is 6.35. The van der Waals surface area contributed by atoms with Crippen molar-refractivity contribution in [3.8, 4) is 11.8 Å². The van der Waals surface area contributed by atoms with E-state index in [-0.39, 0.29) is 12.2 Å². The average Bonchev–Trinajstić information content (AvgIpc) is 2.65. The van der Waals surface area contributed by atoms with Crippen molar-refractivity contribution in [2.24, 2.45) is 0 Å². The second-order valence-corrected chi connectivity index (χ2v) is 6.54. The lowest BCUT2D eigenvalue weighted by Gasteiger charge is -2.13. The number of hydrogen-bond acceptors (Lipinski definition) is 3. The van der Waals surface area contributed by atoms with Gasteiger partial charge in [0.2, 0.25) is 0 Å². The van der Waals surface area contributed by atoms with E-state index in [9.17, 15) is 9.90 Å². The van der Waals surface area contributed by atoms with Crippen molar-refractivity contribution in [1.82, 2.24) is 0 Å². The number of carboxylic acids is 1. The van der Waals surface area contributed by atoms with Gasteiger partial charge in [-0.05, 0) is 35.0 Å². The second kappa shape index (κ2) is 8.13. The van der Waals surface area contributed by atoms with Gasteiger partial charge in [0.25, 0.3) is 0 Å². The molecule has 0 radical (unpaired) electrons. The van der Waals surface area contributed by atoms with Crippen LogP contribution in [0.2, 0.25) is 10.0 Å². The van der Waals surface area contributed by atoms with E-state index < -0.39 is 5.97 Å². The van der Waals surface area contributed by atoms with Gasteiger partial charge in [0.1, 0.15) is 24.0 Å². The minimum atomic E-state index is -1.29. The first-order valence-electron chi connectivity index (χ1n) is 7.93. The Morgan fingerprint density at radius 3 is 2.63 bits per heavy atom. The number of ether oxygens (including phenoxy) is 1. The molecule has 0 aromatic heterocycles. The molecule has 0 fully saturated rings. The molecular weight excluding hydrogens is 385 g/mol. The number of hydrogen-bond donors (Lipinski definition) is 1. The highest BCUT2D eigenvalue weighted by Gasteiger charge is 2.13. The van der Waals surface area contributed by atoms with Crippen LogP contribution in [0.4, 0.5) is 0 Å². The Hall–Kier alpha value is -3.00. The maximum Gasteiger partial charge on any atom is 0.346 e. The van der Waals surface area contributed by atoms with Crippen molar-refractivity contribution in [3.63, 3.8) is 0 Å². The van der Waals surface area contributed by atoms with Gasteiger partial charge in [-0.25, -0.2) is 4.79 Å². The van der Waals surface area contributed by atoms with Crippen LogP contribution < -0.4 is 4.74 Å². The average molecular weight is 398 g/mol. The number of benzene rings is 3. The Bertz CT molecular complexity index is 1100. The molecule has 27 heavy (non-hydrogen) atoms. The van der Waals surface area contributed by atoms with E-state index in [4.69, 9.17) is 33.2 Å². The fraction of sp³-hybridized carbons (Fsp3) is 0.0476. The molecule has 0 aliphatic rings. The summed E-state index contributed by atoms with van der Waals surface area (Å²) in [6.07, 6.45) is 1.32. The van der Waals surface area contributed by atoms with Crippen LogP contribution in [-0.4, -0.2) is 11.1 Å². The molecule has 0 aliphatic heterocycles. The zero-order chi connectivity index (χ0) is 19.4. The number of fused-ring (bicyclic) bond motifs is 1. The lowest BCUT2D eigenvalue weighted by atomic mass is 10.0. The van der Waals surface area contributed by atoms with E-state index in [0.29, 0.717) is 21.4 Å². The van der Waals surface area contributed by atoms with Gasteiger partial charge in [-0.2, -0.15) is 5.26 Å². The molecule has 1 N–H and O–H groups in total. The number of carboxylic acid groups (broad SMARTS) is 1. The molecule has 0 bridgehead atoms. The standard InChI is InChI=1S/C21H13Cl2NO3/c22-16-7-5-14(19(23)10-16)12-27-20-8-6-13-3-1-2-4-17(13)18(20)9-15(11-24)21(25)26/h1-10H,12H2,(H,25,26). The highest BCUT2D eigenvalue weighted by atomic mass is 35.5. The van der Waals surface area contributed by atoms with Crippen LogP contribution in [0.15, 0.2) is 60.2 Å². The lowest BCUT2D eigenvalue weighted by Crippen LogP contribution is -2.01. The number of nitrogens with zero attached hydrogens (tertiary/aromatic N) is 1. The van der Waals surface area contributed by atoms with Crippen LogP contribution in [-0.2, 0) is 11.4 Å². The third-order valence-corrected chi connectivity index (χ3v) is 4.56. The Kier molecular flexibility index (Phi) is 5.66. The number of rotatable bonds is 5. The van der Waals surface area contributed by atoms with Crippen molar-refractivity contribution < 1.29 is 14.6 Å². The fourth-order valence-electron chi connectivity index (χ4n) is 2.63. The number of aliphatic carboxylic acids is 1. The van der Waals surface area contributed by atoms with Crippen LogP contribution in [0.5, 0.6) is 5.75 Å². The minimum Gasteiger partial charge on any atom is -0.488 e. The molecule has 3 aromatic carbocycles. The lowest BCUT2D eigenvalue weighted by molar-refractivity contribution is -0.132. The molecule has 0 atom stereocenters. The van der Waals surface area contributed by atoms with E-state index in [1.54, 1.807) is 30.3 Å². The normalized spacial score (nSPS) is 11.2. The zero-order valence-electron chi connectivity index (χ0n) is 13.9. The number of carbonyl (C=O) groups is 1. The van der Waals surface area contributed by atoms with Gasteiger partial charge in [-0.15, -0.1) is 0 Å². The number of nitriles is 1. The summed E-state index contributed by atoms with van der Waals surface area (Å²) in [6.45, 7) is 0.171. The van der Waals surface area contributed by atoms with Crippen molar-refractivity contribution in [1.29, 1.82) is 5.26 Å². The Balaban J connectivity index is 2.05. The Labute approximate surface area is 165 Å². The quantitative estimate of drug-likeness (QED) is 0.441. The summed E-state index contributed by atoms with van der Waals surface area (Å²) in [5, 5.41) is 21.0. The van der Waals surface area contributed by atoms with Gasteiger partial charge in [-0.1, -0.05) is 59.6 Å². The first-order valence-corrected chi connectivity index (χ1v) is 8.69. The molecule has 0 aliphatic carbocycles. The molecule has 0 saturated carbocycles. The van der Waals surface area contributed by atoms with E-state index >= 15 is 0 Å². The summed E-state index contributed by atoms with van der Waals surface area (Å²) in [5.41, 5.74) is 0.890. The topological polar surface area (TPSA) is 70.3 Å². The largest absolute Gasteiger partial charge is 0.488 e. The predicted molar refractivity (Wildman–Crippen MR) is 106 cm³/mol. The van der Waals surface area contributed by atoms with E-state index in [2.05, 4.69) is 0 Å². The van der Waals surface area contributed by atoms with Gasteiger partial charge in [0, 0.05) is 21.2 Å². The Morgan fingerprint density at radius 1 is 1.15 bits per heavy atom. The second-order valence-electron chi connectivity index (χ2n) is 5.70. The monoisotopic (exact) mass is 397 g/mol. The molecule has 6 heteroatoms. The van der Waals surface area contributed by atoms with Gasteiger partial charge in [0.15, 0.2) is 0 Å². The molecule has 0 heterocycles. The summed E-state index contributed by atoms with van der Waals surface area (Å²) in [5.74, 6) is -0.842. The molecule has 134 valence electrons. The van der Waals surface area contributed by atoms with Crippen LogP contribution in [0, 0.1) is 11.3 Å². The van der Waals surface area contributed by atoms with Crippen LogP contribution in [0.3, 0.4) is 0 Å². The summed E-state index contributed by atoms with van der Waals surface area (Å²) in [6, 6.07) is 17.9. The minimum absolute atomic E-state index is 0.171. The molecule has 4 nitrogen and oxygen atoms in total. The van der Waals surface area contributed by atoms with Crippen LogP contribution >= 0.6 is 23.2 Å². The molecule has 0 saturated heterocycles. The molecule has 0 unspecified atom stereocenters. The first kappa shape index (κ1) is 18.8. The summed E-state index contributed by atoms with van der Waals surface area (Å²) >= 11 is 12.1.